The maximum atomic E-state index is 4.84. The van der Waals surface area contributed by atoms with E-state index in [0.717, 1.165) is 43.3 Å². The molecular weight excluding hydrogens is 312 g/mol. The SMILES string of the molecule is CCNC(=NCc1ccc(C)nc1)N1CCC(C)C(n2ccnc2)C1. The molecule has 1 N–H and O–H groups in total. The minimum atomic E-state index is 0.432. The zero-order valence-electron chi connectivity index (χ0n) is 15.4. The Hall–Kier alpha value is -2.37. The van der Waals surface area contributed by atoms with Gasteiger partial charge in [0.15, 0.2) is 5.96 Å². The molecule has 25 heavy (non-hydrogen) atoms. The van der Waals surface area contributed by atoms with E-state index in [-0.39, 0.29) is 0 Å². The van der Waals surface area contributed by atoms with Gasteiger partial charge in [-0.2, -0.15) is 0 Å². The molecule has 0 amide bonds. The summed E-state index contributed by atoms with van der Waals surface area (Å²) in [5, 5.41) is 3.45. The number of nitrogens with one attached hydrogen (secondary N) is 1. The summed E-state index contributed by atoms with van der Waals surface area (Å²) in [6.45, 7) is 9.94. The normalized spacial score (nSPS) is 21.4. The van der Waals surface area contributed by atoms with E-state index >= 15 is 0 Å². The molecule has 0 bridgehead atoms. The summed E-state index contributed by atoms with van der Waals surface area (Å²) in [7, 11) is 0. The number of rotatable bonds is 4. The maximum Gasteiger partial charge on any atom is 0.194 e. The molecule has 0 saturated carbocycles. The Bertz CT molecular complexity index is 676. The highest BCUT2D eigenvalue weighted by atomic mass is 15.3. The lowest BCUT2D eigenvalue weighted by atomic mass is 9.93. The number of imidazole rings is 1. The van der Waals surface area contributed by atoms with Gasteiger partial charge in [-0.05, 0) is 37.8 Å². The first-order valence-electron chi connectivity index (χ1n) is 9.09. The molecule has 2 atom stereocenters. The van der Waals surface area contributed by atoms with Gasteiger partial charge in [-0.3, -0.25) is 4.98 Å². The Morgan fingerprint density at radius 1 is 1.40 bits per heavy atom. The summed E-state index contributed by atoms with van der Waals surface area (Å²) in [6.07, 6.45) is 8.91. The average molecular weight is 340 g/mol. The van der Waals surface area contributed by atoms with Crippen molar-refractivity contribution in [2.45, 2.75) is 39.8 Å². The van der Waals surface area contributed by atoms with Crippen LogP contribution in [0, 0.1) is 12.8 Å². The minimum Gasteiger partial charge on any atom is -0.357 e. The average Bonchev–Trinajstić information content (AvgIpc) is 3.15. The van der Waals surface area contributed by atoms with Crippen molar-refractivity contribution >= 4 is 5.96 Å². The number of piperidine rings is 1. The minimum absolute atomic E-state index is 0.432. The number of pyridine rings is 1. The standard InChI is InChI=1S/C19H28N6/c1-4-21-19(23-12-17-6-5-16(3)22-11-17)24-9-7-15(2)18(13-24)25-10-8-20-14-25/h5-6,8,10-11,14-15,18H,4,7,9,12-13H2,1-3H3,(H,21,23). The summed E-state index contributed by atoms with van der Waals surface area (Å²) in [4.78, 5) is 15.8. The van der Waals surface area contributed by atoms with Crippen LogP contribution in [-0.4, -0.2) is 45.0 Å². The van der Waals surface area contributed by atoms with E-state index in [1.807, 2.05) is 31.7 Å². The Balaban J connectivity index is 1.72. The second-order valence-corrected chi connectivity index (χ2v) is 6.77. The van der Waals surface area contributed by atoms with Crippen LogP contribution in [0.4, 0.5) is 0 Å². The topological polar surface area (TPSA) is 58.3 Å². The monoisotopic (exact) mass is 340 g/mol. The number of likely N-dealkylation sites (tertiary alicyclic amines) is 1. The van der Waals surface area contributed by atoms with Gasteiger partial charge in [0.05, 0.1) is 18.9 Å². The third kappa shape index (κ3) is 4.38. The summed E-state index contributed by atoms with van der Waals surface area (Å²) < 4.78 is 2.23. The molecule has 1 aliphatic rings. The van der Waals surface area contributed by atoms with Gasteiger partial charge >= 0.3 is 0 Å². The lowest BCUT2D eigenvalue weighted by molar-refractivity contribution is 0.189. The quantitative estimate of drug-likeness (QED) is 0.687. The van der Waals surface area contributed by atoms with Gasteiger partial charge in [0, 0.05) is 43.9 Å². The fraction of sp³-hybridized carbons (Fsp3) is 0.526. The molecule has 0 spiro atoms. The molecule has 1 saturated heterocycles. The van der Waals surface area contributed by atoms with E-state index in [9.17, 15) is 0 Å². The summed E-state index contributed by atoms with van der Waals surface area (Å²) in [5.41, 5.74) is 2.17. The number of hydrogen-bond acceptors (Lipinski definition) is 3. The number of aryl methyl sites for hydroxylation is 1. The van der Waals surface area contributed by atoms with Crippen molar-refractivity contribution < 1.29 is 0 Å². The largest absolute Gasteiger partial charge is 0.357 e. The van der Waals surface area contributed by atoms with Crippen LogP contribution in [0.3, 0.4) is 0 Å². The zero-order valence-corrected chi connectivity index (χ0v) is 15.4. The highest BCUT2D eigenvalue weighted by molar-refractivity contribution is 5.80. The van der Waals surface area contributed by atoms with Crippen LogP contribution < -0.4 is 5.32 Å². The third-order valence-electron chi connectivity index (χ3n) is 4.84. The highest BCUT2D eigenvalue weighted by Gasteiger charge is 2.28. The smallest absolute Gasteiger partial charge is 0.194 e. The van der Waals surface area contributed by atoms with Crippen molar-refractivity contribution in [2.75, 3.05) is 19.6 Å². The first-order valence-corrected chi connectivity index (χ1v) is 9.09. The van der Waals surface area contributed by atoms with Gasteiger partial charge in [0.2, 0.25) is 0 Å². The zero-order chi connectivity index (χ0) is 17.6. The third-order valence-corrected chi connectivity index (χ3v) is 4.84. The molecule has 0 aliphatic carbocycles. The van der Waals surface area contributed by atoms with E-state index in [1.54, 1.807) is 0 Å². The molecular formula is C19H28N6. The van der Waals surface area contributed by atoms with Crippen LogP contribution in [0.2, 0.25) is 0 Å². The van der Waals surface area contributed by atoms with E-state index in [1.165, 1.54) is 0 Å². The summed E-state index contributed by atoms with van der Waals surface area (Å²) >= 11 is 0. The van der Waals surface area contributed by atoms with Crippen molar-refractivity contribution in [1.82, 2.24) is 24.8 Å². The Labute approximate surface area is 150 Å². The van der Waals surface area contributed by atoms with Crippen LogP contribution in [0.15, 0.2) is 42.0 Å². The van der Waals surface area contributed by atoms with Crippen molar-refractivity contribution in [1.29, 1.82) is 0 Å². The molecule has 3 rings (SSSR count). The molecule has 2 unspecified atom stereocenters. The fourth-order valence-electron chi connectivity index (χ4n) is 3.28. The Morgan fingerprint density at radius 3 is 2.96 bits per heavy atom. The number of aromatic nitrogens is 3. The lowest BCUT2D eigenvalue weighted by Gasteiger charge is -2.39. The van der Waals surface area contributed by atoms with E-state index < -0.39 is 0 Å². The summed E-state index contributed by atoms with van der Waals surface area (Å²) in [5.74, 6) is 1.62. The van der Waals surface area contributed by atoms with Gasteiger partial charge in [-0.25, -0.2) is 9.98 Å². The molecule has 2 aromatic rings. The molecule has 134 valence electrons. The second-order valence-electron chi connectivity index (χ2n) is 6.77. The van der Waals surface area contributed by atoms with Crippen LogP contribution in [-0.2, 0) is 6.54 Å². The van der Waals surface area contributed by atoms with Gasteiger partial charge in [0.1, 0.15) is 0 Å². The summed E-state index contributed by atoms with van der Waals surface area (Å²) in [6, 6.07) is 4.57. The van der Waals surface area contributed by atoms with Crippen LogP contribution >= 0.6 is 0 Å². The van der Waals surface area contributed by atoms with Crippen LogP contribution in [0.1, 0.15) is 37.6 Å². The van der Waals surface area contributed by atoms with Crippen LogP contribution in [0.5, 0.6) is 0 Å². The van der Waals surface area contributed by atoms with Gasteiger partial charge in [-0.1, -0.05) is 13.0 Å². The van der Waals surface area contributed by atoms with E-state index in [2.05, 4.69) is 50.9 Å². The van der Waals surface area contributed by atoms with Crippen LogP contribution in [0.25, 0.3) is 0 Å². The van der Waals surface area contributed by atoms with E-state index in [0.29, 0.717) is 18.5 Å². The molecule has 2 aromatic heterocycles. The molecule has 3 heterocycles. The fourth-order valence-corrected chi connectivity index (χ4v) is 3.28. The highest BCUT2D eigenvalue weighted by Crippen LogP contribution is 2.27. The molecule has 1 fully saturated rings. The van der Waals surface area contributed by atoms with E-state index in [4.69, 9.17) is 4.99 Å². The molecule has 6 nitrogen and oxygen atoms in total. The predicted molar refractivity (Wildman–Crippen MR) is 100 cm³/mol. The predicted octanol–water partition coefficient (Wildman–Crippen LogP) is 2.64. The maximum absolute atomic E-state index is 4.84. The van der Waals surface area contributed by atoms with Gasteiger partial charge in [0.25, 0.3) is 0 Å². The van der Waals surface area contributed by atoms with Crippen molar-refractivity contribution in [2.24, 2.45) is 10.9 Å². The molecule has 6 heteroatoms. The number of guanidine groups is 1. The van der Waals surface area contributed by atoms with Gasteiger partial charge in [-0.15, -0.1) is 0 Å². The Kier molecular flexibility index (Phi) is 5.68. The molecule has 0 aromatic carbocycles. The number of nitrogens with zero attached hydrogens (tertiary/aromatic N) is 5. The first-order chi connectivity index (χ1) is 12.2. The molecule has 1 aliphatic heterocycles. The number of aliphatic imine (C=N–C) groups is 1. The Morgan fingerprint density at radius 2 is 2.28 bits per heavy atom. The second kappa shape index (κ2) is 8.14. The van der Waals surface area contributed by atoms with Crippen molar-refractivity contribution in [3.05, 3.63) is 48.3 Å². The molecule has 0 radical (unpaired) electrons. The van der Waals surface area contributed by atoms with Crippen molar-refractivity contribution in [3.8, 4) is 0 Å². The van der Waals surface area contributed by atoms with Gasteiger partial charge < -0.3 is 14.8 Å². The number of hydrogen-bond donors (Lipinski definition) is 1. The lowest BCUT2D eigenvalue weighted by Crippen LogP contribution is -2.49. The van der Waals surface area contributed by atoms with Crippen molar-refractivity contribution in [3.63, 3.8) is 0 Å². The first kappa shape index (κ1) is 17.5.